The second-order valence-electron chi connectivity index (χ2n) is 14.7. The molecule has 3 aromatic rings. The summed E-state index contributed by atoms with van der Waals surface area (Å²) in [6.45, 7) is 12.9. The largest absolute Gasteiger partial charge is 0.482 e. The van der Waals surface area contributed by atoms with E-state index in [1.807, 2.05) is 66.7 Å². The van der Waals surface area contributed by atoms with Crippen molar-refractivity contribution in [2.45, 2.75) is 98.1 Å². The number of rotatable bonds is 12. The van der Waals surface area contributed by atoms with Crippen LogP contribution in [0.5, 0.6) is 5.75 Å². The number of esters is 1. The summed E-state index contributed by atoms with van der Waals surface area (Å²) >= 11 is 3.52. The van der Waals surface area contributed by atoms with Crippen LogP contribution in [-0.2, 0) is 23.1 Å². The first-order valence-corrected chi connectivity index (χ1v) is 19.9. The van der Waals surface area contributed by atoms with Crippen molar-refractivity contribution in [2.75, 3.05) is 6.61 Å². The van der Waals surface area contributed by atoms with E-state index in [4.69, 9.17) is 18.5 Å². The van der Waals surface area contributed by atoms with Gasteiger partial charge in [0.2, 0.25) is 5.85 Å². The lowest BCUT2D eigenvalue weighted by atomic mass is 9.75. The first kappa shape index (κ1) is 36.1. The highest BCUT2D eigenvalue weighted by Gasteiger charge is 2.49. The standard InChI is InChI=1S/C39H52BrO6P/c1-25(2)34-19-11-27(5)21-36(34)45-47(42,46-37-22-28(6)12-20-35(37)26(3)4)39(30-13-16-32(40)17-14-30)44-38(41)24-43-33-18-15-29-9-7-8-10-31(29)23-33/h7-10,13-18,23,25-28,34-37,39H,11-12,19-22,24H2,1-6H3/t27-,28-,34-,35-,36-,37-,39+/m1/s1. The first-order valence-electron chi connectivity index (χ1n) is 17.4. The Kier molecular flexibility index (Phi) is 12.3. The molecule has 0 saturated heterocycles. The molecule has 0 radical (unpaired) electrons. The van der Waals surface area contributed by atoms with Crippen molar-refractivity contribution in [2.24, 2.45) is 35.5 Å². The maximum atomic E-state index is 15.7. The monoisotopic (exact) mass is 726 g/mol. The zero-order valence-corrected chi connectivity index (χ0v) is 31.3. The van der Waals surface area contributed by atoms with Crippen LogP contribution in [0.2, 0.25) is 0 Å². The molecule has 0 heterocycles. The molecule has 5 rings (SSSR count). The third-order valence-corrected chi connectivity index (χ3v) is 12.9. The maximum Gasteiger partial charge on any atom is 0.376 e. The van der Waals surface area contributed by atoms with Gasteiger partial charge in [0.05, 0.1) is 12.2 Å². The molecule has 0 N–H and O–H groups in total. The van der Waals surface area contributed by atoms with Gasteiger partial charge in [0.1, 0.15) is 5.75 Å². The average molecular weight is 728 g/mol. The number of carbonyl (C=O) groups is 1. The number of carbonyl (C=O) groups excluding carboxylic acids is 1. The van der Waals surface area contributed by atoms with Crippen molar-refractivity contribution in [3.05, 3.63) is 76.8 Å². The van der Waals surface area contributed by atoms with Crippen LogP contribution in [0.3, 0.4) is 0 Å². The molecule has 0 spiro atoms. The van der Waals surface area contributed by atoms with Crippen LogP contribution >= 0.6 is 23.5 Å². The van der Waals surface area contributed by atoms with Crippen molar-refractivity contribution in [1.29, 1.82) is 0 Å². The molecule has 3 aromatic carbocycles. The fourth-order valence-corrected chi connectivity index (χ4v) is 10.0. The molecular weight excluding hydrogens is 675 g/mol. The van der Waals surface area contributed by atoms with Gasteiger partial charge in [0.15, 0.2) is 6.61 Å². The maximum absolute atomic E-state index is 15.7. The summed E-state index contributed by atoms with van der Waals surface area (Å²) in [5.41, 5.74) is 0.575. The molecule has 6 nitrogen and oxygen atoms in total. The predicted octanol–water partition coefficient (Wildman–Crippen LogP) is 11.4. The summed E-state index contributed by atoms with van der Waals surface area (Å²) in [6, 6.07) is 21.1. The zero-order valence-electron chi connectivity index (χ0n) is 28.8. The van der Waals surface area contributed by atoms with Crippen molar-refractivity contribution in [3.8, 4) is 5.75 Å². The third kappa shape index (κ3) is 9.29. The highest BCUT2D eigenvalue weighted by atomic mass is 79.9. The van der Waals surface area contributed by atoms with Crippen LogP contribution < -0.4 is 4.74 Å². The molecule has 0 amide bonds. The van der Waals surface area contributed by atoms with Crippen LogP contribution in [0, 0.1) is 35.5 Å². The minimum atomic E-state index is -4.11. The van der Waals surface area contributed by atoms with Gasteiger partial charge in [-0.3, -0.25) is 4.57 Å². The summed E-state index contributed by atoms with van der Waals surface area (Å²) < 4.78 is 42.3. The lowest BCUT2D eigenvalue weighted by Gasteiger charge is -2.43. The minimum absolute atomic E-state index is 0.229. The molecule has 0 aliphatic heterocycles. The lowest BCUT2D eigenvalue weighted by Crippen LogP contribution is -2.37. The van der Waals surface area contributed by atoms with Crippen molar-refractivity contribution in [1.82, 2.24) is 0 Å². The van der Waals surface area contributed by atoms with Crippen LogP contribution in [0.4, 0.5) is 0 Å². The summed E-state index contributed by atoms with van der Waals surface area (Å²) in [6.07, 6.45) is 5.26. The Bertz CT molecular complexity index is 1490. The first-order chi connectivity index (χ1) is 22.4. The topological polar surface area (TPSA) is 71.1 Å². The van der Waals surface area contributed by atoms with E-state index in [9.17, 15) is 4.79 Å². The van der Waals surface area contributed by atoms with E-state index in [0.717, 1.165) is 53.8 Å². The Balaban J connectivity index is 1.48. The van der Waals surface area contributed by atoms with Gasteiger partial charge >= 0.3 is 13.6 Å². The molecule has 2 saturated carbocycles. The molecule has 0 aromatic heterocycles. The number of halogens is 1. The zero-order chi connectivity index (χ0) is 33.7. The van der Waals surface area contributed by atoms with E-state index >= 15 is 4.57 Å². The van der Waals surface area contributed by atoms with Crippen LogP contribution in [0.15, 0.2) is 71.2 Å². The van der Waals surface area contributed by atoms with Gasteiger partial charge in [-0.1, -0.05) is 113 Å². The fraction of sp³-hybridized carbons (Fsp3) is 0.564. The number of ether oxygens (including phenoxy) is 2. The van der Waals surface area contributed by atoms with Crippen LogP contribution in [0.25, 0.3) is 10.8 Å². The smallest absolute Gasteiger partial charge is 0.376 e. The SMILES string of the molecule is CC(C)[C@H]1CC[C@@H](C)C[C@H]1OP(=O)(O[C@@H]1C[C@H](C)CC[C@@H]1C(C)C)[C@H](OC(=O)COc1ccc2ccccc2c1)c1ccc(Br)cc1. The quantitative estimate of drug-likeness (QED) is 0.137. The Morgan fingerprint density at radius 3 is 1.89 bits per heavy atom. The van der Waals surface area contributed by atoms with Gasteiger partial charge in [-0.15, -0.1) is 0 Å². The van der Waals surface area contributed by atoms with Crippen molar-refractivity contribution in [3.63, 3.8) is 0 Å². The van der Waals surface area contributed by atoms with Gasteiger partial charge in [-0.2, -0.15) is 0 Å². The van der Waals surface area contributed by atoms with E-state index in [1.165, 1.54) is 0 Å². The summed E-state index contributed by atoms with van der Waals surface area (Å²) in [5.74, 6) is 0.719. The minimum Gasteiger partial charge on any atom is -0.482 e. The summed E-state index contributed by atoms with van der Waals surface area (Å²) in [4.78, 5) is 13.6. The van der Waals surface area contributed by atoms with Gasteiger partial charge < -0.3 is 18.5 Å². The van der Waals surface area contributed by atoms with Gasteiger partial charge in [-0.25, -0.2) is 4.79 Å². The van der Waals surface area contributed by atoms with Gasteiger partial charge in [-0.05, 0) is 96.2 Å². The van der Waals surface area contributed by atoms with Crippen molar-refractivity contribution >= 4 is 40.3 Å². The van der Waals surface area contributed by atoms with Crippen LogP contribution in [-0.4, -0.2) is 24.8 Å². The predicted molar refractivity (Wildman–Crippen MR) is 192 cm³/mol. The second-order valence-corrected chi connectivity index (χ2v) is 17.6. The Morgan fingerprint density at radius 2 is 1.34 bits per heavy atom. The van der Waals surface area contributed by atoms with Gasteiger partial charge in [0.25, 0.3) is 0 Å². The van der Waals surface area contributed by atoms with E-state index in [2.05, 4.69) is 57.5 Å². The van der Waals surface area contributed by atoms with Gasteiger partial charge in [0, 0.05) is 10.0 Å². The normalized spacial score (nSPS) is 26.0. The van der Waals surface area contributed by atoms with Crippen molar-refractivity contribution < 1.29 is 27.9 Å². The third-order valence-electron chi connectivity index (χ3n) is 10.3. The second kappa shape index (κ2) is 16.0. The fourth-order valence-electron chi connectivity index (χ4n) is 7.49. The summed E-state index contributed by atoms with van der Waals surface area (Å²) in [5, 5.41) is 2.10. The molecule has 2 fully saturated rings. The summed E-state index contributed by atoms with van der Waals surface area (Å²) in [7, 11) is -4.11. The number of hydrogen-bond acceptors (Lipinski definition) is 6. The Hall–Kier alpha value is -2.18. The highest BCUT2D eigenvalue weighted by Crippen LogP contribution is 2.66. The van der Waals surface area contributed by atoms with Crippen LogP contribution in [0.1, 0.15) is 91.5 Å². The number of fused-ring (bicyclic) bond motifs is 1. The Labute approximate surface area is 289 Å². The lowest BCUT2D eigenvalue weighted by molar-refractivity contribution is -0.149. The number of hydrogen-bond donors (Lipinski definition) is 0. The molecule has 0 bridgehead atoms. The molecule has 47 heavy (non-hydrogen) atoms. The Morgan fingerprint density at radius 1 is 0.787 bits per heavy atom. The average Bonchev–Trinajstić information content (AvgIpc) is 3.02. The van der Waals surface area contributed by atoms with E-state index < -0.39 is 19.4 Å². The highest BCUT2D eigenvalue weighted by molar-refractivity contribution is 9.10. The molecular formula is C39H52BrO6P. The molecule has 2 aliphatic rings. The number of benzene rings is 3. The van der Waals surface area contributed by atoms with E-state index in [0.29, 0.717) is 35.0 Å². The molecule has 8 heteroatoms. The molecule has 2 aliphatic carbocycles. The molecule has 256 valence electrons. The molecule has 7 atom stereocenters. The molecule has 0 unspecified atom stereocenters. The van der Waals surface area contributed by atoms with E-state index in [1.54, 1.807) is 0 Å². The van der Waals surface area contributed by atoms with E-state index in [-0.39, 0.29) is 30.7 Å².